The highest BCUT2D eigenvalue weighted by Gasteiger charge is 2.21. The van der Waals surface area contributed by atoms with Crippen LogP contribution in [0.2, 0.25) is 0 Å². The maximum Gasteiger partial charge on any atom is 0.325 e. The molecule has 0 aliphatic carbocycles. The minimum absolute atomic E-state index is 0.0383. The van der Waals surface area contributed by atoms with E-state index < -0.39 is 11.3 Å². The molecule has 100 valence electrons. The number of halogens is 1. The zero-order valence-corrected chi connectivity index (χ0v) is 11.9. The van der Waals surface area contributed by atoms with Crippen molar-refractivity contribution >= 4 is 17.6 Å². The minimum atomic E-state index is -1.07. The Kier molecular flexibility index (Phi) is 4.63. The Bertz CT molecular complexity index is 435. The van der Waals surface area contributed by atoms with E-state index >= 15 is 0 Å². The van der Waals surface area contributed by atoms with E-state index in [2.05, 4.69) is 20.8 Å². The van der Waals surface area contributed by atoms with Crippen molar-refractivity contribution in [3.63, 3.8) is 0 Å². The van der Waals surface area contributed by atoms with Crippen LogP contribution in [-0.4, -0.2) is 23.1 Å². The summed E-state index contributed by atoms with van der Waals surface area (Å²) in [5.41, 5.74) is 2.05. The summed E-state index contributed by atoms with van der Waals surface area (Å²) in [4.78, 5) is 10.7. The Hall–Kier alpha value is -1.22. The maximum absolute atomic E-state index is 10.7. The standard InChI is InChI=1S/C14H19ClO3/c1-9-5-6-10(14(2,3)4)12(7-9)18-8-11(15)13(16)17/h5-7,11H,8H2,1-4H3,(H,16,17). The van der Waals surface area contributed by atoms with Gasteiger partial charge in [-0.15, -0.1) is 11.6 Å². The molecule has 0 aromatic heterocycles. The number of carbonyl (C=O) groups is 1. The third kappa shape index (κ3) is 3.91. The summed E-state index contributed by atoms with van der Waals surface area (Å²) >= 11 is 5.65. The van der Waals surface area contributed by atoms with Crippen LogP contribution < -0.4 is 4.74 Å². The number of hydrogen-bond acceptors (Lipinski definition) is 2. The topological polar surface area (TPSA) is 46.5 Å². The maximum atomic E-state index is 10.7. The molecule has 0 aliphatic rings. The quantitative estimate of drug-likeness (QED) is 0.854. The monoisotopic (exact) mass is 270 g/mol. The van der Waals surface area contributed by atoms with Gasteiger partial charge in [-0.05, 0) is 29.5 Å². The Labute approximate surface area is 113 Å². The van der Waals surface area contributed by atoms with Crippen LogP contribution in [0.15, 0.2) is 18.2 Å². The van der Waals surface area contributed by atoms with Crippen LogP contribution in [0.4, 0.5) is 0 Å². The number of rotatable bonds is 4. The van der Waals surface area contributed by atoms with Gasteiger partial charge in [-0.25, -0.2) is 0 Å². The number of carboxylic acid groups (broad SMARTS) is 1. The molecule has 4 heteroatoms. The summed E-state index contributed by atoms with van der Waals surface area (Å²) in [5, 5.41) is 7.70. The molecule has 0 bridgehead atoms. The molecule has 1 aromatic rings. The predicted octanol–water partition coefficient (Wildman–Crippen LogP) is 3.36. The molecule has 0 aliphatic heterocycles. The second-order valence-electron chi connectivity index (χ2n) is 5.37. The van der Waals surface area contributed by atoms with Gasteiger partial charge in [0.1, 0.15) is 12.4 Å². The minimum Gasteiger partial charge on any atom is -0.491 e. The Balaban J connectivity index is 2.93. The summed E-state index contributed by atoms with van der Waals surface area (Å²) in [5.74, 6) is -0.365. The largest absolute Gasteiger partial charge is 0.491 e. The van der Waals surface area contributed by atoms with Gasteiger partial charge in [-0.3, -0.25) is 4.79 Å². The molecular formula is C14H19ClO3. The highest BCUT2D eigenvalue weighted by molar-refractivity contribution is 6.29. The lowest BCUT2D eigenvalue weighted by atomic mass is 9.86. The first kappa shape index (κ1) is 14.8. The zero-order valence-electron chi connectivity index (χ0n) is 11.2. The van der Waals surface area contributed by atoms with Crippen LogP contribution in [0.3, 0.4) is 0 Å². The number of aliphatic carboxylic acids is 1. The molecule has 1 atom stereocenters. The third-order valence-corrected chi connectivity index (χ3v) is 2.91. The first-order chi connectivity index (χ1) is 8.21. The molecule has 0 radical (unpaired) electrons. The van der Waals surface area contributed by atoms with Gasteiger partial charge in [-0.1, -0.05) is 32.9 Å². The van der Waals surface area contributed by atoms with Crippen LogP contribution >= 0.6 is 11.6 Å². The average molecular weight is 271 g/mol. The summed E-state index contributed by atoms with van der Waals surface area (Å²) in [6.07, 6.45) is 0. The average Bonchev–Trinajstić information content (AvgIpc) is 2.23. The van der Waals surface area contributed by atoms with Gasteiger partial charge in [0.15, 0.2) is 5.38 Å². The lowest BCUT2D eigenvalue weighted by Gasteiger charge is -2.23. The summed E-state index contributed by atoms with van der Waals surface area (Å²) in [7, 11) is 0. The highest BCUT2D eigenvalue weighted by Crippen LogP contribution is 2.32. The van der Waals surface area contributed by atoms with Gasteiger partial charge in [0.25, 0.3) is 0 Å². The van der Waals surface area contributed by atoms with E-state index in [0.717, 1.165) is 11.1 Å². The molecule has 1 aromatic carbocycles. The van der Waals surface area contributed by atoms with Crippen molar-refractivity contribution in [2.75, 3.05) is 6.61 Å². The molecule has 0 fully saturated rings. The fraction of sp³-hybridized carbons (Fsp3) is 0.500. The Morgan fingerprint density at radius 2 is 2.06 bits per heavy atom. The van der Waals surface area contributed by atoms with E-state index in [9.17, 15) is 4.79 Å². The molecule has 18 heavy (non-hydrogen) atoms. The van der Waals surface area contributed by atoms with Crippen LogP contribution in [0.1, 0.15) is 31.9 Å². The number of carboxylic acids is 1. The molecule has 0 saturated heterocycles. The van der Waals surface area contributed by atoms with Gasteiger partial charge < -0.3 is 9.84 Å². The summed E-state index contributed by atoms with van der Waals surface area (Å²) in [6, 6.07) is 5.93. The van der Waals surface area contributed by atoms with Gasteiger partial charge in [0.05, 0.1) is 0 Å². The summed E-state index contributed by atoms with van der Waals surface area (Å²) in [6.45, 7) is 8.18. The number of alkyl halides is 1. The van der Waals surface area contributed by atoms with Crippen molar-refractivity contribution in [3.8, 4) is 5.75 Å². The van der Waals surface area contributed by atoms with E-state index in [4.69, 9.17) is 21.4 Å². The first-order valence-electron chi connectivity index (χ1n) is 5.82. The molecule has 0 spiro atoms. The zero-order chi connectivity index (χ0) is 13.9. The van der Waals surface area contributed by atoms with Crippen molar-refractivity contribution in [1.82, 2.24) is 0 Å². The number of ether oxygens (including phenoxy) is 1. The van der Waals surface area contributed by atoms with Crippen molar-refractivity contribution in [1.29, 1.82) is 0 Å². The molecule has 0 saturated carbocycles. The van der Waals surface area contributed by atoms with Gasteiger partial charge in [0, 0.05) is 0 Å². The van der Waals surface area contributed by atoms with Crippen LogP contribution in [0.25, 0.3) is 0 Å². The van der Waals surface area contributed by atoms with Crippen LogP contribution in [0, 0.1) is 6.92 Å². The highest BCUT2D eigenvalue weighted by atomic mass is 35.5. The Morgan fingerprint density at radius 1 is 1.44 bits per heavy atom. The molecule has 0 amide bonds. The molecule has 0 heterocycles. The fourth-order valence-electron chi connectivity index (χ4n) is 1.60. The SMILES string of the molecule is Cc1ccc(C(C)(C)C)c(OCC(Cl)C(=O)O)c1. The van der Waals surface area contributed by atoms with E-state index in [-0.39, 0.29) is 12.0 Å². The van der Waals surface area contributed by atoms with Crippen LogP contribution in [0.5, 0.6) is 5.75 Å². The van der Waals surface area contributed by atoms with Crippen molar-refractivity contribution in [2.45, 2.75) is 38.5 Å². The van der Waals surface area contributed by atoms with Gasteiger partial charge in [0.2, 0.25) is 0 Å². The van der Waals surface area contributed by atoms with E-state index in [0.29, 0.717) is 5.75 Å². The number of benzene rings is 1. The number of aryl methyl sites for hydroxylation is 1. The molecule has 1 unspecified atom stereocenters. The second-order valence-corrected chi connectivity index (χ2v) is 5.89. The van der Waals surface area contributed by atoms with E-state index in [1.54, 1.807) is 0 Å². The lowest BCUT2D eigenvalue weighted by Crippen LogP contribution is -2.23. The number of hydrogen-bond donors (Lipinski definition) is 1. The van der Waals surface area contributed by atoms with E-state index in [1.807, 2.05) is 25.1 Å². The van der Waals surface area contributed by atoms with Crippen molar-refractivity contribution in [3.05, 3.63) is 29.3 Å². The smallest absolute Gasteiger partial charge is 0.325 e. The van der Waals surface area contributed by atoms with Crippen LogP contribution in [-0.2, 0) is 10.2 Å². The Morgan fingerprint density at radius 3 is 2.56 bits per heavy atom. The van der Waals surface area contributed by atoms with Crippen molar-refractivity contribution in [2.24, 2.45) is 0 Å². The third-order valence-electron chi connectivity index (χ3n) is 2.60. The molecule has 1 N–H and O–H groups in total. The predicted molar refractivity (Wildman–Crippen MR) is 72.7 cm³/mol. The fourth-order valence-corrected chi connectivity index (χ4v) is 1.67. The molecule has 1 rings (SSSR count). The molecular weight excluding hydrogens is 252 g/mol. The van der Waals surface area contributed by atoms with Crippen molar-refractivity contribution < 1.29 is 14.6 Å². The molecule has 3 nitrogen and oxygen atoms in total. The second kappa shape index (κ2) is 5.61. The summed E-state index contributed by atoms with van der Waals surface area (Å²) < 4.78 is 5.55. The normalized spacial score (nSPS) is 13.2. The first-order valence-corrected chi connectivity index (χ1v) is 6.26. The van der Waals surface area contributed by atoms with E-state index in [1.165, 1.54) is 0 Å². The lowest BCUT2D eigenvalue weighted by molar-refractivity contribution is -0.137. The van der Waals surface area contributed by atoms with Gasteiger partial charge >= 0.3 is 5.97 Å². The van der Waals surface area contributed by atoms with Gasteiger partial charge in [-0.2, -0.15) is 0 Å².